The first kappa shape index (κ1) is 15.2. The van der Waals surface area contributed by atoms with Crippen molar-refractivity contribution in [2.45, 2.75) is 0 Å². The number of halogens is 2. The van der Waals surface area contributed by atoms with Crippen molar-refractivity contribution >= 4 is 29.4 Å². The highest BCUT2D eigenvalue weighted by Gasteiger charge is 2.21. The van der Waals surface area contributed by atoms with Crippen molar-refractivity contribution < 1.29 is 13.9 Å². The lowest BCUT2D eigenvalue weighted by Gasteiger charge is -2.05. The molecule has 0 unspecified atom stereocenters. The van der Waals surface area contributed by atoms with Crippen LogP contribution in [0.15, 0.2) is 53.2 Å². The van der Waals surface area contributed by atoms with E-state index >= 15 is 0 Å². The zero-order valence-corrected chi connectivity index (χ0v) is 12.9. The maximum atomic E-state index is 13.0. The summed E-state index contributed by atoms with van der Waals surface area (Å²) in [7, 11) is 1.53. The molecule has 6 heteroatoms. The van der Waals surface area contributed by atoms with Gasteiger partial charge in [-0.3, -0.25) is 4.79 Å². The first-order valence-corrected chi connectivity index (χ1v) is 7.16. The number of hydrogen-bond acceptors (Lipinski definition) is 3. The molecule has 1 heterocycles. The van der Waals surface area contributed by atoms with Crippen LogP contribution in [0.3, 0.4) is 0 Å². The Kier molecular flexibility index (Phi) is 4.12. The lowest BCUT2D eigenvalue weighted by Crippen LogP contribution is -2.24. The monoisotopic (exact) mass is 330 g/mol. The summed E-state index contributed by atoms with van der Waals surface area (Å²) in [6, 6.07) is 10.8. The molecule has 23 heavy (non-hydrogen) atoms. The van der Waals surface area contributed by atoms with Crippen molar-refractivity contribution in [3.63, 3.8) is 0 Å². The van der Waals surface area contributed by atoms with Gasteiger partial charge in [0, 0.05) is 16.1 Å². The molecule has 1 N–H and O–H groups in total. The molecule has 2 aromatic rings. The number of amidine groups is 1. The average molecular weight is 331 g/mol. The van der Waals surface area contributed by atoms with E-state index in [2.05, 4.69) is 10.3 Å². The van der Waals surface area contributed by atoms with Crippen LogP contribution < -0.4 is 10.1 Å². The highest BCUT2D eigenvalue weighted by Crippen LogP contribution is 2.26. The highest BCUT2D eigenvalue weighted by molar-refractivity contribution is 6.30. The van der Waals surface area contributed by atoms with Gasteiger partial charge >= 0.3 is 0 Å². The molecule has 0 atom stereocenters. The van der Waals surface area contributed by atoms with Gasteiger partial charge in [0.1, 0.15) is 23.1 Å². The molecule has 0 saturated carbocycles. The molecule has 0 fully saturated rings. The van der Waals surface area contributed by atoms with Crippen LogP contribution in [0.2, 0.25) is 5.02 Å². The van der Waals surface area contributed by atoms with Gasteiger partial charge in [-0.05, 0) is 48.5 Å². The summed E-state index contributed by atoms with van der Waals surface area (Å²) in [6.45, 7) is 0. The molecule has 0 aliphatic carbocycles. The number of benzene rings is 2. The first-order valence-electron chi connectivity index (χ1n) is 6.78. The number of methoxy groups -OCH3 is 1. The molecular weight excluding hydrogens is 319 g/mol. The third-order valence-electron chi connectivity index (χ3n) is 3.30. The third kappa shape index (κ3) is 3.24. The van der Waals surface area contributed by atoms with Crippen LogP contribution in [0, 0.1) is 5.82 Å². The van der Waals surface area contributed by atoms with E-state index in [-0.39, 0.29) is 17.4 Å². The van der Waals surface area contributed by atoms with Crippen molar-refractivity contribution in [2.24, 2.45) is 4.99 Å². The highest BCUT2D eigenvalue weighted by atomic mass is 35.5. The number of nitrogens with one attached hydrogen (secondary N) is 1. The number of carbonyl (C=O) groups excluding carboxylic acids is 1. The minimum Gasteiger partial charge on any atom is -0.496 e. The summed E-state index contributed by atoms with van der Waals surface area (Å²) in [5.41, 5.74) is 1.50. The van der Waals surface area contributed by atoms with Gasteiger partial charge in [-0.1, -0.05) is 11.6 Å². The van der Waals surface area contributed by atoms with Gasteiger partial charge in [0.25, 0.3) is 5.91 Å². The number of carbonyl (C=O) groups is 1. The normalized spacial score (nSPS) is 15.5. The number of rotatable bonds is 3. The Balaban J connectivity index is 1.98. The molecule has 1 aliphatic heterocycles. The Labute approximate surface area is 137 Å². The van der Waals surface area contributed by atoms with E-state index in [1.54, 1.807) is 36.4 Å². The van der Waals surface area contributed by atoms with Gasteiger partial charge in [-0.2, -0.15) is 0 Å². The van der Waals surface area contributed by atoms with E-state index in [9.17, 15) is 9.18 Å². The number of ether oxygens (including phenoxy) is 1. The molecule has 0 bridgehead atoms. The van der Waals surface area contributed by atoms with Crippen LogP contribution in [0.25, 0.3) is 6.08 Å². The van der Waals surface area contributed by atoms with Crippen LogP contribution >= 0.6 is 11.6 Å². The van der Waals surface area contributed by atoms with Crippen molar-refractivity contribution in [3.05, 3.63) is 70.1 Å². The molecule has 2 aromatic carbocycles. The van der Waals surface area contributed by atoms with Crippen LogP contribution in [0.1, 0.15) is 11.1 Å². The minimum atomic E-state index is -0.349. The minimum absolute atomic E-state index is 0.227. The molecular formula is C17H12ClFN2O2. The Morgan fingerprint density at radius 2 is 1.96 bits per heavy atom. The fraction of sp³-hybridized carbons (Fsp3) is 0.0588. The Hall–Kier alpha value is -2.66. The van der Waals surface area contributed by atoms with E-state index in [1.165, 1.54) is 19.2 Å². The molecule has 1 amide bonds. The van der Waals surface area contributed by atoms with E-state index < -0.39 is 0 Å². The van der Waals surface area contributed by atoms with Crippen molar-refractivity contribution in [1.29, 1.82) is 0 Å². The first-order chi connectivity index (χ1) is 11.1. The van der Waals surface area contributed by atoms with Gasteiger partial charge in [0.15, 0.2) is 0 Å². The lowest BCUT2D eigenvalue weighted by molar-refractivity contribution is -0.115. The number of nitrogens with zero attached hydrogens (tertiary/aromatic N) is 1. The standard InChI is InChI=1S/C17H12ClFN2O2/c1-23-15-7-4-12(18)8-11(15)9-14-17(22)21-16(20-14)10-2-5-13(19)6-3-10/h2-9H,1H3,(H,20,21,22)/b14-9+. The molecule has 3 rings (SSSR count). The average Bonchev–Trinajstić information content (AvgIpc) is 2.89. The van der Waals surface area contributed by atoms with Gasteiger partial charge in [-0.25, -0.2) is 9.38 Å². The van der Waals surface area contributed by atoms with E-state index in [0.717, 1.165) is 0 Å². The number of amides is 1. The second-order valence-electron chi connectivity index (χ2n) is 4.84. The van der Waals surface area contributed by atoms with E-state index in [0.29, 0.717) is 27.7 Å². The molecule has 1 aliphatic rings. The molecule has 0 radical (unpaired) electrons. The Bertz CT molecular complexity index is 829. The second-order valence-corrected chi connectivity index (χ2v) is 5.27. The van der Waals surface area contributed by atoms with Gasteiger partial charge in [-0.15, -0.1) is 0 Å². The smallest absolute Gasteiger partial charge is 0.275 e. The van der Waals surface area contributed by atoms with Gasteiger partial charge < -0.3 is 10.1 Å². The zero-order chi connectivity index (χ0) is 16.4. The van der Waals surface area contributed by atoms with E-state index in [4.69, 9.17) is 16.3 Å². The summed E-state index contributed by atoms with van der Waals surface area (Å²) in [6.07, 6.45) is 1.59. The van der Waals surface area contributed by atoms with Crippen LogP contribution in [0.4, 0.5) is 4.39 Å². The second kappa shape index (κ2) is 6.22. The molecule has 0 spiro atoms. The maximum Gasteiger partial charge on any atom is 0.275 e. The molecule has 4 nitrogen and oxygen atoms in total. The predicted molar refractivity (Wildman–Crippen MR) is 87.1 cm³/mol. The summed E-state index contributed by atoms with van der Waals surface area (Å²) >= 11 is 5.98. The Morgan fingerprint density at radius 3 is 2.65 bits per heavy atom. The van der Waals surface area contributed by atoms with E-state index in [1.807, 2.05) is 0 Å². The maximum absolute atomic E-state index is 13.0. The van der Waals surface area contributed by atoms with Crippen molar-refractivity contribution in [3.8, 4) is 5.75 Å². The summed E-state index contributed by atoms with van der Waals surface area (Å²) in [4.78, 5) is 16.3. The predicted octanol–water partition coefficient (Wildman–Crippen LogP) is 3.41. The number of hydrogen-bond donors (Lipinski definition) is 1. The molecule has 0 aromatic heterocycles. The quantitative estimate of drug-likeness (QED) is 0.877. The SMILES string of the molecule is COc1ccc(Cl)cc1/C=C1/N=C(c2ccc(F)cc2)NC1=O. The number of aliphatic imine (C=N–C) groups is 1. The summed E-state index contributed by atoms with van der Waals surface area (Å²) in [5.74, 6) is 0.270. The topological polar surface area (TPSA) is 50.7 Å². The third-order valence-corrected chi connectivity index (χ3v) is 3.53. The van der Waals surface area contributed by atoms with Crippen molar-refractivity contribution in [2.75, 3.05) is 7.11 Å². The molecule has 0 saturated heterocycles. The van der Waals surface area contributed by atoms with Gasteiger partial charge in [0.2, 0.25) is 0 Å². The summed E-state index contributed by atoms with van der Waals surface area (Å²) < 4.78 is 18.2. The van der Waals surface area contributed by atoms with Crippen LogP contribution in [0.5, 0.6) is 5.75 Å². The Morgan fingerprint density at radius 1 is 1.22 bits per heavy atom. The fourth-order valence-corrected chi connectivity index (χ4v) is 2.36. The van der Waals surface area contributed by atoms with Gasteiger partial charge in [0.05, 0.1) is 7.11 Å². The molecule has 116 valence electrons. The fourth-order valence-electron chi connectivity index (χ4n) is 2.18. The lowest BCUT2D eigenvalue weighted by atomic mass is 10.1. The summed E-state index contributed by atoms with van der Waals surface area (Å²) in [5, 5.41) is 3.19. The largest absolute Gasteiger partial charge is 0.496 e. The van der Waals surface area contributed by atoms with Crippen LogP contribution in [-0.4, -0.2) is 18.9 Å². The zero-order valence-electron chi connectivity index (χ0n) is 12.1. The van der Waals surface area contributed by atoms with Crippen LogP contribution in [-0.2, 0) is 4.79 Å². The van der Waals surface area contributed by atoms with Crippen molar-refractivity contribution in [1.82, 2.24) is 5.32 Å².